The molecule has 3 rings (SSSR count). The lowest BCUT2D eigenvalue weighted by Crippen LogP contribution is -2.44. The Labute approximate surface area is 203 Å². The molecule has 1 fully saturated rings. The van der Waals surface area contributed by atoms with E-state index >= 15 is 0 Å². The van der Waals surface area contributed by atoms with Crippen LogP contribution in [0, 0.1) is 10.1 Å². The Hall–Kier alpha value is -3.91. The second-order valence-corrected chi connectivity index (χ2v) is 9.46. The molecule has 0 aromatic heterocycles. The molecule has 2 aliphatic heterocycles. The van der Waals surface area contributed by atoms with Gasteiger partial charge in [0.05, 0.1) is 23.5 Å². The summed E-state index contributed by atoms with van der Waals surface area (Å²) in [6.07, 6.45) is 0.280. The number of nitro benzene ring substituents is 1. The zero-order chi connectivity index (χ0) is 26.1. The van der Waals surface area contributed by atoms with Crippen molar-refractivity contribution in [3.63, 3.8) is 0 Å². The van der Waals surface area contributed by atoms with Gasteiger partial charge in [0.1, 0.15) is 11.5 Å². The molecule has 1 aromatic carbocycles. The molecule has 1 aromatic rings. The van der Waals surface area contributed by atoms with Crippen molar-refractivity contribution < 1.29 is 28.8 Å². The fourth-order valence-corrected chi connectivity index (χ4v) is 4.58. The van der Waals surface area contributed by atoms with E-state index in [-0.39, 0.29) is 23.3 Å². The van der Waals surface area contributed by atoms with Crippen molar-refractivity contribution in [1.82, 2.24) is 10.2 Å². The summed E-state index contributed by atoms with van der Waals surface area (Å²) in [4.78, 5) is 50.6. The Kier molecular flexibility index (Phi) is 7.17. The number of benzene rings is 1. The number of dihydropyridines is 1. The van der Waals surface area contributed by atoms with Gasteiger partial charge in [-0.15, -0.1) is 0 Å². The highest BCUT2D eigenvalue weighted by Gasteiger charge is 2.45. The Bertz CT molecular complexity index is 1190. The van der Waals surface area contributed by atoms with Gasteiger partial charge in [-0.25, -0.2) is 14.4 Å². The van der Waals surface area contributed by atoms with Crippen molar-refractivity contribution in [3.05, 3.63) is 68.2 Å². The van der Waals surface area contributed by atoms with Crippen LogP contribution in [0.25, 0.3) is 0 Å². The molecule has 0 aliphatic carbocycles. The number of likely N-dealkylation sites (tertiary alicyclic amines) is 1. The van der Waals surface area contributed by atoms with Gasteiger partial charge in [0.2, 0.25) is 0 Å². The number of hydrogen-bond donors (Lipinski definition) is 1. The number of nitrogens with one attached hydrogen (secondary N) is 1. The summed E-state index contributed by atoms with van der Waals surface area (Å²) in [5, 5.41) is 14.7. The fraction of sp³-hybridized carbons (Fsp3) is 0.440. The van der Waals surface area contributed by atoms with Crippen LogP contribution in [0.15, 0.2) is 52.5 Å². The van der Waals surface area contributed by atoms with E-state index < -0.39 is 34.4 Å². The number of non-ortho nitro benzene ring substituents is 1. The smallest absolute Gasteiger partial charge is 0.336 e. The Morgan fingerprint density at radius 1 is 1.23 bits per heavy atom. The summed E-state index contributed by atoms with van der Waals surface area (Å²) in [5.74, 6) is -0.135. The maximum atomic E-state index is 13.2. The van der Waals surface area contributed by atoms with E-state index in [1.807, 2.05) is 5.94 Å². The monoisotopic (exact) mass is 483 g/mol. The van der Waals surface area contributed by atoms with E-state index in [1.54, 1.807) is 51.7 Å². The normalized spacial score (nSPS) is 20.4. The van der Waals surface area contributed by atoms with Crippen molar-refractivity contribution in [2.75, 3.05) is 13.7 Å². The molecule has 186 valence electrons. The molecule has 10 heteroatoms. The third-order valence-electron chi connectivity index (χ3n) is 5.88. The van der Waals surface area contributed by atoms with Gasteiger partial charge in [0, 0.05) is 41.3 Å². The molecule has 2 atom stereocenters. The number of methoxy groups -OCH3 is 1. The second-order valence-electron chi connectivity index (χ2n) is 9.46. The molecule has 2 heterocycles. The molecule has 0 radical (unpaired) electrons. The number of esters is 2. The first-order valence-corrected chi connectivity index (χ1v) is 11.1. The average molecular weight is 484 g/mol. The molecule has 0 amide bonds. The number of nitro groups is 1. The van der Waals surface area contributed by atoms with E-state index in [2.05, 4.69) is 5.32 Å². The molecule has 0 bridgehead atoms. The number of rotatable bonds is 5. The highest BCUT2D eigenvalue weighted by Crippen LogP contribution is 2.44. The molecule has 35 heavy (non-hydrogen) atoms. The molecule has 10 nitrogen and oxygen atoms in total. The van der Waals surface area contributed by atoms with Crippen LogP contribution in [0.2, 0.25) is 0 Å². The van der Waals surface area contributed by atoms with E-state index in [0.29, 0.717) is 29.2 Å². The number of allylic oxidation sites excluding steroid dienone is 3. The Morgan fingerprint density at radius 3 is 2.49 bits per heavy atom. The van der Waals surface area contributed by atoms with Crippen LogP contribution in [-0.2, 0) is 23.9 Å². The van der Waals surface area contributed by atoms with E-state index in [1.165, 1.54) is 19.2 Å². The third kappa shape index (κ3) is 5.12. The van der Waals surface area contributed by atoms with Crippen molar-refractivity contribution in [2.24, 2.45) is 0 Å². The Balaban J connectivity index is 2.22. The van der Waals surface area contributed by atoms with Crippen LogP contribution in [-0.4, -0.2) is 53.0 Å². The van der Waals surface area contributed by atoms with Gasteiger partial charge >= 0.3 is 11.9 Å². The minimum absolute atomic E-state index is 0.140. The first kappa shape index (κ1) is 25.7. The highest BCUT2D eigenvalue weighted by molar-refractivity contribution is 5.93. The maximum Gasteiger partial charge on any atom is 0.336 e. The number of carbonyl (C=O) groups excluding carboxylic acids is 3. The number of ether oxygens (including phenoxy) is 2. The van der Waals surface area contributed by atoms with Crippen LogP contribution < -0.4 is 5.32 Å². The summed E-state index contributed by atoms with van der Waals surface area (Å²) < 4.78 is 10.6. The van der Waals surface area contributed by atoms with Gasteiger partial charge in [-0.05, 0) is 46.6 Å². The van der Waals surface area contributed by atoms with Gasteiger partial charge in [-0.2, -0.15) is 0 Å². The van der Waals surface area contributed by atoms with E-state index in [9.17, 15) is 24.5 Å². The molecule has 2 unspecified atom stereocenters. The number of nitrogens with zero attached hydrogens (tertiary/aromatic N) is 2. The van der Waals surface area contributed by atoms with E-state index in [0.717, 1.165) is 0 Å². The molecule has 0 spiro atoms. The van der Waals surface area contributed by atoms with Crippen LogP contribution >= 0.6 is 0 Å². The molecule has 0 saturated carbocycles. The average Bonchev–Trinajstić information content (AvgIpc) is 3.21. The predicted octanol–water partition coefficient (Wildman–Crippen LogP) is 3.13. The third-order valence-corrected chi connectivity index (χ3v) is 5.88. The van der Waals surface area contributed by atoms with Crippen molar-refractivity contribution >= 4 is 23.6 Å². The lowest BCUT2D eigenvalue weighted by atomic mass is 9.82. The van der Waals surface area contributed by atoms with Crippen molar-refractivity contribution in [2.45, 2.75) is 58.6 Å². The van der Waals surface area contributed by atoms with Crippen molar-refractivity contribution in [1.29, 1.82) is 0 Å². The second kappa shape index (κ2) is 9.76. The van der Waals surface area contributed by atoms with Crippen LogP contribution in [0.4, 0.5) is 5.69 Å². The van der Waals surface area contributed by atoms with Crippen LogP contribution in [0.5, 0.6) is 0 Å². The van der Waals surface area contributed by atoms with Gasteiger partial charge in [0.15, 0.2) is 6.04 Å². The zero-order valence-corrected chi connectivity index (χ0v) is 20.6. The Morgan fingerprint density at radius 2 is 1.91 bits per heavy atom. The molecular weight excluding hydrogens is 454 g/mol. The summed E-state index contributed by atoms with van der Waals surface area (Å²) in [6.45, 7) is 8.98. The lowest BCUT2D eigenvalue weighted by Gasteiger charge is -2.39. The summed E-state index contributed by atoms with van der Waals surface area (Å²) >= 11 is 0. The van der Waals surface area contributed by atoms with E-state index in [4.69, 9.17) is 9.47 Å². The van der Waals surface area contributed by atoms with Gasteiger partial charge in [0.25, 0.3) is 5.69 Å². The van der Waals surface area contributed by atoms with Crippen LogP contribution in [0.1, 0.15) is 52.5 Å². The summed E-state index contributed by atoms with van der Waals surface area (Å²) in [7, 11) is 1.25. The number of hydrogen-bond acceptors (Lipinski definition) is 9. The summed E-state index contributed by atoms with van der Waals surface area (Å²) in [6, 6.07) is 4.94. The lowest BCUT2D eigenvalue weighted by molar-refractivity contribution is -0.384. The summed E-state index contributed by atoms with van der Waals surface area (Å²) in [5.41, 5.74) is 1.71. The standard InChI is InChI=1S/C25H29N3O7/c1-14-19(23(30)34-6)20(16-8-7-9-18(12-16)28(32)33)21(15(2)26-14)27-11-10-17(13-29)22(27)24(31)35-25(3,4)5/h7-9,12,20,22,26H,10-11H2,1-6H3. The maximum absolute atomic E-state index is 13.2. The SMILES string of the molecule is COC(=O)C1=C(C)NC(C)=C(N2CCC(=C=O)C2C(=O)OC(C)(C)C)C1c1cccc([N+](=O)[O-])c1. The minimum Gasteiger partial charge on any atom is -0.466 e. The highest BCUT2D eigenvalue weighted by atomic mass is 16.6. The van der Waals surface area contributed by atoms with Gasteiger partial charge in [-0.3, -0.25) is 10.1 Å². The molecule has 2 aliphatic rings. The van der Waals surface area contributed by atoms with Gasteiger partial charge in [-0.1, -0.05) is 12.1 Å². The topological polar surface area (TPSA) is 128 Å². The van der Waals surface area contributed by atoms with Crippen LogP contribution in [0.3, 0.4) is 0 Å². The largest absolute Gasteiger partial charge is 0.466 e. The quantitative estimate of drug-likeness (QED) is 0.291. The van der Waals surface area contributed by atoms with Gasteiger partial charge < -0.3 is 19.7 Å². The molecule has 1 N–H and O–H groups in total. The predicted molar refractivity (Wildman–Crippen MR) is 127 cm³/mol. The number of carbonyl (C=O) groups is 2. The fourth-order valence-electron chi connectivity index (χ4n) is 4.58. The molecule has 1 saturated heterocycles. The first-order valence-electron chi connectivity index (χ1n) is 11.1. The zero-order valence-electron chi connectivity index (χ0n) is 20.6. The van der Waals surface area contributed by atoms with Crippen molar-refractivity contribution in [3.8, 4) is 0 Å². The first-order chi connectivity index (χ1) is 16.4. The molecular formula is C25H29N3O7. The minimum atomic E-state index is -1.04.